The fourth-order valence-electron chi connectivity index (χ4n) is 3.25. The number of sulfonamides is 1. The Hall–Kier alpha value is -1.85. The van der Waals surface area contributed by atoms with Gasteiger partial charge in [0.15, 0.2) is 0 Å². The predicted molar refractivity (Wildman–Crippen MR) is 91.1 cm³/mol. The number of hydrogen-bond acceptors (Lipinski definition) is 3. The fraction of sp³-hybridized carbons (Fsp3) is 0.333. The average Bonchev–Trinajstić information content (AvgIpc) is 2.60. The van der Waals surface area contributed by atoms with Crippen molar-refractivity contribution in [2.24, 2.45) is 0 Å². The highest BCUT2D eigenvalue weighted by atomic mass is 32.2. The molecule has 0 spiro atoms. The molecule has 0 amide bonds. The van der Waals surface area contributed by atoms with Crippen molar-refractivity contribution in [2.75, 3.05) is 19.4 Å². The summed E-state index contributed by atoms with van der Waals surface area (Å²) in [5.41, 5.74) is 3.10. The summed E-state index contributed by atoms with van der Waals surface area (Å²) in [6, 6.07) is 15.4. The van der Waals surface area contributed by atoms with Crippen molar-refractivity contribution in [3.05, 3.63) is 65.2 Å². The van der Waals surface area contributed by atoms with Crippen LogP contribution in [0.1, 0.15) is 29.7 Å². The van der Waals surface area contributed by atoms with Gasteiger partial charge >= 0.3 is 0 Å². The van der Waals surface area contributed by atoms with Gasteiger partial charge in [0.25, 0.3) is 0 Å². The van der Waals surface area contributed by atoms with E-state index in [-0.39, 0.29) is 11.8 Å². The van der Waals surface area contributed by atoms with E-state index in [1.165, 1.54) is 0 Å². The average molecular weight is 331 g/mol. The quantitative estimate of drug-likeness (QED) is 0.865. The lowest BCUT2D eigenvalue weighted by Gasteiger charge is -2.37. The molecular weight excluding hydrogens is 310 g/mol. The van der Waals surface area contributed by atoms with Crippen LogP contribution in [0.3, 0.4) is 0 Å². The van der Waals surface area contributed by atoms with E-state index in [1.807, 2.05) is 48.5 Å². The zero-order valence-electron chi connectivity index (χ0n) is 13.4. The highest BCUT2D eigenvalue weighted by molar-refractivity contribution is 7.89. The minimum absolute atomic E-state index is 0.107. The first kappa shape index (κ1) is 16.0. The van der Waals surface area contributed by atoms with E-state index in [1.54, 1.807) is 18.3 Å². The van der Waals surface area contributed by atoms with Gasteiger partial charge in [-0.1, -0.05) is 42.5 Å². The highest BCUT2D eigenvalue weighted by Gasteiger charge is 2.36. The molecule has 0 saturated carbocycles. The number of ether oxygens (including phenoxy) is 1. The summed E-state index contributed by atoms with van der Waals surface area (Å²) in [5.74, 6) is 0.937. The third kappa shape index (κ3) is 2.86. The van der Waals surface area contributed by atoms with Crippen LogP contribution in [0.25, 0.3) is 0 Å². The van der Waals surface area contributed by atoms with Gasteiger partial charge in [-0.3, -0.25) is 0 Å². The molecular formula is C18H21NO3S. The SMILES string of the molecule is CCS(=O)(=O)N1CCc2c(OC)cccc2C1c1ccccc1. The van der Waals surface area contributed by atoms with Crippen molar-refractivity contribution >= 4 is 10.0 Å². The number of hydrogen-bond donors (Lipinski definition) is 0. The smallest absolute Gasteiger partial charge is 0.214 e. The van der Waals surface area contributed by atoms with Gasteiger partial charge in [0, 0.05) is 12.1 Å². The molecule has 5 heteroatoms. The van der Waals surface area contributed by atoms with Crippen molar-refractivity contribution in [3.8, 4) is 5.75 Å². The summed E-state index contributed by atoms with van der Waals surface area (Å²) >= 11 is 0. The first-order valence-corrected chi connectivity index (χ1v) is 9.39. The van der Waals surface area contributed by atoms with Crippen molar-refractivity contribution in [3.63, 3.8) is 0 Å². The molecule has 0 radical (unpaired) electrons. The minimum Gasteiger partial charge on any atom is -0.496 e. The maximum atomic E-state index is 12.6. The lowest BCUT2D eigenvalue weighted by Crippen LogP contribution is -2.41. The van der Waals surface area contributed by atoms with E-state index in [0.717, 1.165) is 22.4 Å². The van der Waals surface area contributed by atoms with Crippen LogP contribution < -0.4 is 4.74 Å². The molecule has 2 aromatic rings. The molecule has 3 rings (SSSR count). The van der Waals surface area contributed by atoms with Gasteiger partial charge in [0.1, 0.15) is 5.75 Å². The molecule has 1 atom stereocenters. The van der Waals surface area contributed by atoms with E-state index in [0.29, 0.717) is 13.0 Å². The Morgan fingerprint density at radius 1 is 1.13 bits per heavy atom. The van der Waals surface area contributed by atoms with Crippen LogP contribution in [0.5, 0.6) is 5.75 Å². The number of rotatable bonds is 4. The van der Waals surface area contributed by atoms with Gasteiger partial charge in [-0.15, -0.1) is 0 Å². The Kier molecular flexibility index (Phi) is 4.41. The molecule has 0 bridgehead atoms. The molecule has 1 unspecified atom stereocenters. The topological polar surface area (TPSA) is 46.6 Å². The van der Waals surface area contributed by atoms with Crippen LogP contribution >= 0.6 is 0 Å². The zero-order valence-corrected chi connectivity index (χ0v) is 14.2. The lowest BCUT2D eigenvalue weighted by atomic mass is 9.89. The molecule has 1 aliphatic rings. The zero-order chi connectivity index (χ0) is 16.4. The number of methoxy groups -OCH3 is 1. The second-order valence-corrected chi connectivity index (χ2v) is 7.81. The Labute approximate surface area is 137 Å². The summed E-state index contributed by atoms with van der Waals surface area (Å²) in [6.07, 6.45) is 0.669. The molecule has 0 fully saturated rings. The van der Waals surface area contributed by atoms with Crippen LogP contribution in [-0.2, 0) is 16.4 Å². The van der Waals surface area contributed by atoms with Crippen molar-refractivity contribution in [1.82, 2.24) is 4.31 Å². The van der Waals surface area contributed by atoms with Gasteiger partial charge in [0.2, 0.25) is 10.0 Å². The van der Waals surface area contributed by atoms with Crippen LogP contribution in [0.2, 0.25) is 0 Å². The maximum Gasteiger partial charge on any atom is 0.214 e. The second kappa shape index (κ2) is 6.34. The second-order valence-electron chi connectivity index (χ2n) is 5.60. The van der Waals surface area contributed by atoms with Crippen LogP contribution in [0, 0.1) is 0 Å². The van der Waals surface area contributed by atoms with Gasteiger partial charge in [-0.2, -0.15) is 4.31 Å². The van der Waals surface area contributed by atoms with Crippen molar-refractivity contribution in [2.45, 2.75) is 19.4 Å². The van der Waals surface area contributed by atoms with Gasteiger partial charge in [-0.05, 0) is 30.5 Å². The standard InChI is InChI=1S/C18H21NO3S/c1-3-23(20,21)19-13-12-15-16(10-7-11-17(15)22-2)18(19)14-8-5-4-6-9-14/h4-11,18H,3,12-13H2,1-2H3. The minimum atomic E-state index is -3.29. The number of fused-ring (bicyclic) bond motifs is 1. The van der Waals surface area contributed by atoms with Crippen molar-refractivity contribution < 1.29 is 13.2 Å². The van der Waals surface area contributed by atoms with Crippen LogP contribution in [0.4, 0.5) is 0 Å². The van der Waals surface area contributed by atoms with Gasteiger partial charge < -0.3 is 4.74 Å². The van der Waals surface area contributed by atoms with E-state index >= 15 is 0 Å². The van der Waals surface area contributed by atoms with Gasteiger partial charge in [-0.25, -0.2) is 8.42 Å². The highest BCUT2D eigenvalue weighted by Crippen LogP contribution is 2.40. The first-order chi connectivity index (χ1) is 11.1. The molecule has 0 N–H and O–H groups in total. The molecule has 1 aliphatic heterocycles. The number of benzene rings is 2. The van der Waals surface area contributed by atoms with Gasteiger partial charge in [0.05, 0.1) is 18.9 Å². The maximum absolute atomic E-state index is 12.6. The monoisotopic (exact) mass is 331 g/mol. The Balaban J connectivity index is 2.20. The largest absolute Gasteiger partial charge is 0.496 e. The molecule has 2 aromatic carbocycles. The third-order valence-electron chi connectivity index (χ3n) is 4.39. The summed E-state index contributed by atoms with van der Waals surface area (Å²) in [5, 5.41) is 0. The van der Waals surface area contributed by atoms with E-state index in [4.69, 9.17) is 4.74 Å². The van der Waals surface area contributed by atoms with Crippen LogP contribution in [0.15, 0.2) is 48.5 Å². The molecule has 0 aromatic heterocycles. The number of nitrogens with zero attached hydrogens (tertiary/aromatic N) is 1. The normalized spacial score (nSPS) is 18.4. The summed E-state index contributed by atoms with van der Waals surface area (Å²) in [7, 11) is -1.63. The molecule has 0 saturated heterocycles. The molecule has 4 nitrogen and oxygen atoms in total. The van der Waals surface area contributed by atoms with E-state index in [9.17, 15) is 8.42 Å². The summed E-state index contributed by atoms with van der Waals surface area (Å²) in [4.78, 5) is 0. The summed E-state index contributed by atoms with van der Waals surface area (Å²) in [6.45, 7) is 2.17. The third-order valence-corrected chi connectivity index (χ3v) is 6.23. The predicted octanol–water partition coefficient (Wildman–Crippen LogP) is 2.99. The molecule has 122 valence electrons. The van der Waals surface area contributed by atoms with E-state index < -0.39 is 10.0 Å². The van der Waals surface area contributed by atoms with E-state index in [2.05, 4.69) is 0 Å². The van der Waals surface area contributed by atoms with Crippen LogP contribution in [-0.4, -0.2) is 32.1 Å². The Morgan fingerprint density at radius 2 is 1.87 bits per heavy atom. The molecule has 0 aliphatic carbocycles. The summed E-state index contributed by atoms with van der Waals surface area (Å²) < 4.78 is 32.3. The molecule has 1 heterocycles. The molecule has 23 heavy (non-hydrogen) atoms. The Bertz CT molecular complexity index is 787. The fourth-order valence-corrected chi connectivity index (χ4v) is 4.51. The Morgan fingerprint density at radius 3 is 2.52 bits per heavy atom. The van der Waals surface area contributed by atoms with Crippen molar-refractivity contribution in [1.29, 1.82) is 0 Å². The first-order valence-electron chi connectivity index (χ1n) is 7.78. The lowest BCUT2D eigenvalue weighted by molar-refractivity contribution is 0.335.